The molecule has 110 valence electrons. The highest BCUT2D eigenvalue weighted by Crippen LogP contribution is 2.18. The molecule has 2 heterocycles. The number of pyridine rings is 1. The Morgan fingerprint density at radius 3 is 2.90 bits per heavy atom. The molecule has 1 N–H and O–H groups in total. The molecule has 20 heavy (non-hydrogen) atoms. The van der Waals surface area contributed by atoms with Crippen LogP contribution >= 0.6 is 15.9 Å². The molecule has 6 heteroatoms. The van der Waals surface area contributed by atoms with Crippen molar-refractivity contribution in [1.29, 1.82) is 0 Å². The number of hydrogen-bond donors (Lipinski definition) is 1. The van der Waals surface area contributed by atoms with Crippen LogP contribution in [-0.4, -0.2) is 40.7 Å². The molecule has 0 aromatic carbocycles. The minimum atomic E-state index is -0.450. The Bertz CT molecular complexity index is 488. The highest BCUT2D eigenvalue weighted by molar-refractivity contribution is 9.10. The van der Waals surface area contributed by atoms with Crippen LogP contribution in [0.1, 0.15) is 27.2 Å². The Balaban J connectivity index is 1.88. The first-order chi connectivity index (χ1) is 9.33. The monoisotopic (exact) mass is 341 g/mol. The van der Waals surface area contributed by atoms with Gasteiger partial charge >= 0.3 is 6.09 Å². The number of nitrogens with one attached hydrogen (secondary N) is 1. The first-order valence-corrected chi connectivity index (χ1v) is 7.50. The quantitative estimate of drug-likeness (QED) is 0.838. The van der Waals surface area contributed by atoms with Gasteiger partial charge in [0.15, 0.2) is 0 Å². The molecule has 0 aliphatic carbocycles. The summed E-state index contributed by atoms with van der Waals surface area (Å²) >= 11 is 3.34. The van der Waals surface area contributed by atoms with Crippen molar-refractivity contribution in [3.63, 3.8) is 0 Å². The van der Waals surface area contributed by atoms with Crippen molar-refractivity contribution in [2.24, 2.45) is 0 Å². The molecule has 2 rings (SSSR count). The van der Waals surface area contributed by atoms with E-state index < -0.39 is 5.60 Å². The number of halogens is 1. The average Bonchev–Trinajstić information content (AvgIpc) is 2.75. The number of aromatic nitrogens is 1. The van der Waals surface area contributed by atoms with Crippen LogP contribution in [0.15, 0.2) is 22.8 Å². The number of hydrogen-bond acceptors (Lipinski definition) is 4. The lowest BCUT2D eigenvalue weighted by Crippen LogP contribution is -2.36. The van der Waals surface area contributed by atoms with Crippen LogP contribution in [0.25, 0.3) is 0 Å². The van der Waals surface area contributed by atoms with E-state index in [1.54, 1.807) is 4.90 Å². The topological polar surface area (TPSA) is 54.5 Å². The lowest BCUT2D eigenvalue weighted by atomic mass is 10.2. The molecule has 0 saturated carbocycles. The van der Waals surface area contributed by atoms with Crippen molar-refractivity contribution < 1.29 is 9.53 Å². The van der Waals surface area contributed by atoms with E-state index in [1.165, 1.54) is 0 Å². The molecule has 1 fully saturated rings. The van der Waals surface area contributed by atoms with Crippen molar-refractivity contribution >= 4 is 27.8 Å². The first kappa shape index (κ1) is 15.1. The fourth-order valence-corrected chi connectivity index (χ4v) is 2.41. The van der Waals surface area contributed by atoms with E-state index in [0.717, 1.165) is 16.8 Å². The van der Waals surface area contributed by atoms with E-state index in [0.29, 0.717) is 13.1 Å². The second kappa shape index (κ2) is 5.99. The Labute approximate surface area is 127 Å². The summed E-state index contributed by atoms with van der Waals surface area (Å²) in [7, 11) is 0. The molecule has 1 saturated heterocycles. The van der Waals surface area contributed by atoms with Crippen LogP contribution in [0.5, 0.6) is 0 Å². The smallest absolute Gasteiger partial charge is 0.410 e. The van der Waals surface area contributed by atoms with Gasteiger partial charge in [-0.1, -0.05) is 6.07 Å². The molecule has 0 spiro atoms. The lowest BCUT2D eigenvalue weighted by molar-refractivity contribution is 0.0293. The molecule has 1 aliphatic heterocycles. The zero-order valence-corrected chi connectivity index (χ0v) is 13.6. The Morgan fingerprint density at radius 1 is 1.50 bits per heavy atom. The van der Waals surface area contributed by atoms with Crippen molar-refractivity contribution in [3.05, 3.63) is 22.8 Å². The van der Waals surface area contributed by atoms with Gasteiger partial charge in [-0.3, -0.25) is 0 Å². The van der Waals surface area contributed by atoms with E-state index in [9.17, 15) is 4.79 Å². The van der Waals surface area contributed by atoms with Crippen molar-refractivity contribution in [3.8, 4) is 0 Å². The number of carbonyl (C=O) groups excluding carboxylic acids is 1. The van der Waals surface area contributed by atoms with Gasteiger partial charge in [0.05, 0.1) is 0 Å². The van der Waals surface area contributed by atoms with E-state index >= 15 is 0 Å². The number of likely N-dealkylation sites (tertiary alicyclic amines) is 1. The fourth-order valence-electron chi connectivity index (χ4n) is 2.07. The summed E-state index contributed by atoms with van der Waals surface area (Å²) in [6.45, 7) is 6.98. The summed E-state index contributed by atoms with van der Waals surface area (Å²) in [5, 5.41) is 3.34. The molecular formula is C14H20BrN3O2. The number of ether oxygens (including phenoxy) is 1. The molecule has 1 unspecified atom stereocenters. The largest absolute Gasteiger partial charge is 0.444 e. The minimum absolute atomic E-state index is 0.212. The van der Waals surface area contributed by atoms with Crippen LogP contribution in [0.4, 0.5) is 10.6 Å². The number of rotatable bonds is 2. The number of nitrogens with zero attached hydrogens (tertiary/aromatic N) is 2. The fraction of sp³-hybridized carbons (Fsp3) is 0.571. The predicted octanol–water partition coefficient (Wildman–Crippen LogP) is 3.27. The zero-order chi connectivity index (χ0) is 14.8. The molecule has 1 amide bonds. The molecule has 1 aromatic heterocycles. The van der Waals surface area contributed by atoms with Crippen LogP contribution in [0.3, 0.4) is 0 Å². The Hall–Kier alpha value is -1.30. The molecule has 1 atom stereocenters. The van der Waals surface area contributed by atoms with Crippen LogP contribution in [0, 0.1) is 0 Å². The van der Waals surface area contributed by atoms with Gasteiger partial charge in [-0.25, -0.2) is 9.78 Å². The normalized spacial score (nSPS) is 19.0. The third-order valence-corrected chi connectivity index (χ3v) is 3.35. The predicted molar refractivity (Wildman–Crippen MR) is 81.8 cm³/mol. The number of anilines is 1. The second-order valence-electron chi connectivity index (χ2n) is 5.90. The molecule has 0 radical (unpaired) electrons. The first-order valence-electron chi connectivity index (χ1n) is 6.70. The van der Waals surface area contributed by atoms with Crippen molar-refractivity contribution in [1.82, 2.24) is 9.88 Å². The van der Waals surface area contributed by atoms with Gasteiger partial charge in [0.25, 0.3) is 0 Å². The van der Waals surface area contributed by atoms with E-state index in [1.807, 2.05) is 39.0 Å². The van der Waals surface area contributed by atoms with Gasteiger partial charge in [0, 0.05) is 19.1 Å². The van der Waals surface area contributed by atoms with E-state index in [2.05, 4.69) is 26.2 Å². The molecule has 1 aliphatic rings. The number of carbonyl (C=O) groups is 1. The minimum Gasteiger partial charge on any atom is -0.444 e. The maximum atomic E-state index is 12.0. The maximum absolute atomic E-state index is 12.0. The zero-order valence-electron chi connectivity index (χ0n) is 12.0. The average molecular weight is 342 g/mol. The highest BCUT2D eigenvalue weighted by Gasteiger charge is 2.29. The molecule has 0 bridgehead atoms. The second-order valence-corrected chi connectivity index (χ2v) is 6.71. The number of amides is 1. The summed E-state index contributed by atoms with van der Waals surface area (Å²) in [5.74, 6) is 0.815. The van der Waals surface area contributed by atoms with Gasteiger partial charge in [0.1, 0.15) is 16.0 Å². The van der Waals surface area contributed by atoms with Crippen LogP contribution in [0.2, 0.25) is 0 Å². The van der Waals surface area contributed by atoms with Gasteiger partial charge < -0.3 is 15.0 Å². The van der Waals surface area contributed by atoms with Crippen LogP contribution in [-0.2, 0) is 4.74 Å². The summed E-state index contributed by atoms with van der Waals surface area (Å²) in [6, 6.07) is 5.94. The summed E-state index contributed by atoms with van der Waals surface area (Å²) in [5.41, 5.74) is -0.450. The van der Waals surface area contributed by atoms with Gasteiger partial charge in [0.2, 0.25) is 0 Å². The maximum Gasteiger partial charge on any atom is 0.410 e. The third kappa shape index (κ3) is 4.37. The van der Waals surface area contributed by atoms with Gasteiger partial charge in [-0.05, 0) is 55.3 Å². The van der Waals surface area contributed by atoms with Crippen LogP contribution < -0.4 is 5.32 Å². The molecular weight excluding hydrogens is 322 g/mol. The molecule has 5 nitrogen and oxygen atoms in total. The SMILES string of the molecule is CC(C)(C)OC(=O)N1CCC(Nc2cccc(Br)n2)C1. The van der Waals surface area contributed by atoms with Gasteiger partial charge in [-0.2, -0.15) is 0 Å². The van der Waals surface area contributed by atoms with Crippen molar-refractivity contribution in [2.45, 2.75) is 38.8 Å². The standard InChI is InChI=1S/C14H20BrN3O2/c1-14(2,3)20-13(19)18-8-7-10(9-18)16-12-6-4-5-11(15)17-12/h4-6,10H,7-9H2,1-3H3,(H,16,17). The van der Waals surface area contributed by atoms with Crippen molar-refractivity contribution in [2.75, 3.05) is 18.4 Å². The Morgan fingerprint density at radius 2 is 2.25 bits per heavy atom. The van der Waals surface area contributed by atoms with Gasteiger partial charge in [-0.15, -0.1) is 0 Å². The highest BCUT2D eigenvalue weighted by atomic mass is 79.9. The van der Waals surface area contributed by atoms with E-state index in [4.69, 9.17) is 4.74 Å². The summed E-state index contributed by atoms with van der Waals surface area (Å²) in [4.78, 5) is 18.0. The summed E-state index contributed by atoms with van der Waals surface area (Å²) < 4.78 is 6.17. The Kier molecular flexibility index (Phi) is 4.52. The van der Waals surface area contributed by atoms with E-state index in [-0.39, 0.29) is 12.1 Å². The summed E-state index contributed by atoms with van der Waals surface area (Å²) in [6.07, 6.45) is 0.650. The third-order valence-electron chi connectivity index (χ3n) is 2.91. The molecule has 1 aromatic rings. The lowest BCUT2D eigenvalue weighted by Gasteiger charge is -2.24.